The molecule has 3 heteroatoms. The van der Waals surface area contributed by atoms with E-state index < -0.39 is 5.67 Å². The summed E-state index contributed by atoms with van der Waals surface area (Å²) in [5.41, 5.74) is -1.04. The Kier molecular flexibility index (Phi) is 4.32. The van der Waals surface area contributed by atoms with Crippen molar-refractivity contribution in [2.75, 3.05) is 33.7 Å². The third-order valence-electron chi connectivity index (χ3n) is 2.98. The molecule has 1 aliphatic rings. The van der Waals surface area contributed by atoms with Crippen LogP contribution in [0.3, 0.4) is 0 Å². The smallest absolute Gasteiger partial charge is 0.120 e. The molecule has 0 aliphatic carbocycles. The molecule has 0 aromatic carbocycles. The van der Waals surface area contributed by atoms with Gasteiger partial charge in [-0.05, 0) is 52.7 Å². The number of rotatable bonds is 4. The van der Waals surface area contributed by atoms with Crippen LogP contribution >= 0.6 is 0 Å². The molecule has 1 fully saturated rings. The topological polar surface area (TPSA) is 15.3 Å². The van der Waals surface area contributed by atoms with Crippen LogP contribution in [0.1, 0.15) is 26.2 Å². The summed E-state index contributed by atoms with van der Waals surface area (Å²) in [4.78, 5) is 2.31. The SMILES string of the molecule is CNCC(C)(F)CC1CCCN(C)C1. The first-order chi connectivity index (χ1) is 6.53. The number of nitrogens with one attached hydrogen (secondary N) is 1. The zero-order valence-corrected chi connectivity index (χ0v) is 9.65. The van der Waals surface area contributed by atoms with Crippen LogP contribution in [0.25, 0.3) is 0 Å². The first kappa shape index (κ1) is 11.9. The summed E-state index contributed by atoms with van der Waals surface area (Å²) in [5, 5.41) is 2.92. The predicted octanol–water partition coefficient (Wildman–Crippen LogP) is 1.67. The summed E-state index contributed by atoms with van der Waals surface area (Å²) in [5.74, 6) is 0.539. The Morgan fingerprint density at radius 2 is 2.29 bits per heavy atom. The number of piperidine rings is 1. The van der Waals surface area contributed by atoms with Gasteiger partial charge in [-0.2, -0.15) is 0 Å². The highest BCUT2D eigenvalue weighted by molar-refractivity contribution is 4.82. The second kappa shape index (κ2) is 5.08. The lowest BCUT2D eigenvalue weighted by Gasteiger charge is -2.33. The molecule has 1 N–H and O–H groups in total. The van der Waals surface area contributed by atoms with Crippen LogP contribution in [0.5, 0.6) is 0 Å². The van der Waals surface area contributed by atoms with Crippen LogP contribution in [0.15, 0.2) is 0 Å². The molecule has 2 atom stereocenters. The zero-order valence-electron chi connectivity index (χ0n) is 9.65. The average molecular weight is 202 g/mol. The Bertz CT molecular complexity index is 171. The summed E-state index contributed by atoms with van der Waals surface area (Å²) in [6.07, 6.45) is 3.10. The third-order valence-corrected chi connectivity index (χ3v) is 2.98. The van der Waals surface area contributed by atoms with Gasteiger partial charge in [-0.25, -0.2) is 4.39 Å². The lowest BCUT2D eigenvalue weighted by molar-refractivity contribution is 0.107. The van der Waals surface area contributed by atoms with Gasteiger partial charge in [0.15, 0.2) is 0 Å². The number of hydrogen-bond acceptors (Lipinski definition) is 2. The van der Waals surface area contributed by atoms with Crippen molar-refractivity contribution in [1.29, 1.82) is 0 Å². The van der Waals surface area contributed by atoms with E-state index in [1.807, 2.05) is 7.05 Å². The lowest BCUT2D eigenvalue weighted by Crippen LogP contribution is -2.39. The molecule has 1 heterocycles. The van der Waals surface area contributed by atoms with E-state index in [2.05, 4.69) is 17.3 Å². The van der Waals surface area contributed by atoms with Crippen molar-refractivity contribution < 1.29 is 4.39 Å². The van der Waals surface area contributed by atoms with Gasteiger partial charge in [0.05, 0.1) is 0 Å². The summed E-state index contributed by atoms with van der Waals surface area (Å²) in [6.45, 7) is 4.40. The molecule has 2 unspecified atom stereocenters. The zero-order chi connectivity index (χ0) is 10.6. The van der Waals surface area contributed by atoms with Crippen LogP contribution in [-0.2, 0) is 0 Å². The van der Waals surface area contributed by atoms with Crippen molar-refractivity contribution in [2.45, 2.75) is 31.9 Å². The molecular formula is C11H23FN2. The van der Waals surface area contributed by atoms with E-state index in [0.29, 0.717) is 18.9 Å². The molecule has 0 spiro atoms. The van der Waals surface area contributed by atoms with Gasteiger partial charge >= 0.3 is 0 Å². The fourth-order valence-corrected chi connectivity index (χ4v) is 2.48. The van der Waals surface area contributed by atoms with Crippen molar-refractivity contribution >= 4 is 0 Å². The van der Waals surface area contributed by atoms with E-state index in [1.54, 1.807) is 6.92 Å². The van der Waals surface area contributed by atoms with Crippen molar-refractivity contribution in [2.24, 2.45) is 5.92 Å². The Labute approximate surface area is 86.9 Å². The van der Waals surface area contributed by atoms with E-state index >= 15 is 0 Å². The normalized spacial score (nSPS) is 28.7. The van der Waals surface area contributed by atoms with Crippen molar-refractivity contribution in [1.82, 2.24) is 10.2 Å². The molecular weight excluding hydrogens is 179 g/mol. The second-order valence-electron chi connectivity index (χ2n) is 4.92. The van der Waals surface area contributed by atoms with E-state index in [9.17, 15) is 4.39 Å². The third kappa shape index (κ3) is 3.93. The minimum Gasteiger partial charge on any atom is -0.317 e. The van der Waals surface area contributed by atoms with Gasteiger partial charge in [-0.1, -0.05) is 0 Å². The monoisotopic (exact) mass is 202 g/mol. The number of likely N-dealkylation sites (tertiary alicyclic amines) is 1. The van der Waals surface area contributed by atoms with Gasteiger partial charge in [0, 0.05) is 13.1 Å². The van der Waals surface area contributed by atoms with Gasteiger partial charge in [-0.3, -0.25) is 0 Å². The molecule has 0 aromatic heterocycles. The van der Waals surface area contributed by atoms with Gasteiger partial charge in [-0.15, -0.1) is 0 Å². The molecule has 0 radical (unpaired) electrons. The highest BCUT2D eigenvalue weighted by atomic mass is 19.1. The highest BCUT2D eigenvalue weighted by Crippen LogP contribution is 2.26. The molecule has 1 aliphatic heterocycles. The molecule has 2 nitrogen and oxygen atoms in total. The molecule has 0 saturated carbocycles. The van der Waals surface area contributed by atoms with E-state index in [1.165, 1.54) is 19.4 Å². The van der Waals surface area contributed by atoms with E-state index in [4.69, 9.17) is 0 Å². The average Bonchev–Trinajstić information content (AvgIpc) is 2.02. The predicted molar refractivity (Wildman–Crippen MR) is 58.3 cm³/mol. The summed E-state index contributed by atoms with van der Waals surface area (Å²) < 4.78 is 13.9. The van der Waals surface area contributed by atoms with Crippen molar-refractivity contribution in [3.8, 4) is 0 Å². The van der Waals surface area contributed by atoms with Crippen LogP contribution in [0.2, 0.25) is 0 Å². The fraction of sp³-hybridized carbons (Fsp3) is 1.00. The second-order valence-corrected chi connectivity index (χ2v) is 4.92. The maximum Gasteiger partial charge on any atom is 0.120 e. The Morgan fingerprint density at radius 1 is 1.57 bits per heavy atom. The Hall–Kier alpha value is -0.150. The Balaban J connectivity index is 2.34. The maximum absolute atomic E-state index is 13.9. The number of halogens is 1. The molecule has 1 rings (SSSR count). The van der Waals surface area contributed by atoms with Gasteiger partial charge in [0.2, 0.25) is 0 Å². The molecule has 14 heavy (non-hydrogen) atoms. The van der Waals surface area contributed by atoms with E-state index in [-0.39, 0.29) is 0 Å². The fourth-order valence-electron chi connectivity index (χ4n) is 2.48. The van der Waals surface area contributed by atoms with Crippen LogP contribution in [-0.4, -0.2) is 44.3 Å². The molecule has 0 aromatic rings. The first-order valence-electron chi connectivity index (χ1n) is 5.55. The molecule has 0 bridgehead atoms. The van der Waals surface area contributed by atoms with Gasteiger partial charge in [0.1, 0.15) is 5.67 Å². The number of alkyl halides is 1. The summed E-state index contributed by atoms with van der Waals surface area (Å²) in [7, 11) is 3.94. The standard InChI is InChI=1S/C11H23FN2/c1-11(12,9-13-2)7-10-5-4-6-14(3)8-10/h10,13H,4-9H2,1-3H3. The number of hydrogen-bond donors (Lipinski definition) is 1. The van der Waals surface area contributed by atoms with Gasteiger partial charge in [0.25, 0.3) is 0 Å². The van der Waals surface area contributed by atoms with E-state index in [0.717, 1.165) is 6.54 Å². The van der Waals surface area contributed by atoms with Gasteiger partial charge < -0.3 is 10.2 Å². The Morgan fingerprint density at radius 3 is 2.86 bits per heavy atom. The van der Waals surface area contributed by atoms with Crippen LogP contribution < -0.4 is 5.32 Å². The minimum atomic E-state index is -1.04. The lowest BCUT2D eigenvalue weighted by atomic mass is 9.87. The quantitative estimate of drug-likeness (QED) is 0.746. The first-order valence-corrected chi connectivity index (χ1v) is 5.55. The molecule has 0 amide bonds. The number of nitrogens with zero attached hydrogens (tertiary/aromatic N) is 1. The molecule has 84 valence electrons. The van der Waals surface area contributed by atoms with Crippen LogP contribution in [0, 0.1) is 5.92 Å². The van der Waals surface area contributed by atoms with Crippen molar-refractivity contribution in [3.05, 3.63) is 0 Å². The minimum absolute atomic E-state index is 0.465. The summed E-state index contributed by atoms with van der Waals surface area (Å²) in [6, 6.07) is 0. The van der Waals surface area contributed by atoms with Crippen molar-refractivity contribution in [3.63, 3.8) is 0 Å². The summed E-state index contributed by atoms with van der Waals surface area (Å²) >= 11 is 0. The largest absolute Gasteiger partial charge is 0.317 e. The van der Waals surface area contributed by atoms with Crippen LogP contribution in [0.4, 0.5) is 4.39 Å². The highest BCUT2D eigenvalue weighted by Gasteiger charge is 2.28. The maximum atomic E-state index is 13.9. The molecule has 1 saturated heterocycles.